The predicted octanol–water partition coefficient (Wildman–Crippen LogP) is 1.77. The zero-order valence-electron chi connectivity index (χ0n) is 11.8. The quantitative estimate of drug-likeness (QED) is 0.838. The lowest BCUT2D eigenvalue weighted by molar-refractivity contribution is -0.149. The summed E-state index contributed by atoms with van der Waals surface area (Å²) in [6.45, 7) is 4.12. The standard InChI is InChI=1S/C12H18N4O3S/c1-4-12(5-2,10(17)18)6-9-15-16-8(7-19-3)13-14-11(16)20-9/h4-7H2,1-3H3,(H,17,18). The summed E-state index contributed by atoms with van der Waals surface area (Å²) in [6.07, 6.45) is 1.56. The molecule has 0 radical (unpaired) electrons. The number of hydrogen-bond acceptors (Lipinski definition) is 6. The third-order valence-electron chi connectivity index (χ3n) is 3.67. The number of rotatable bonds is 7. The van der Waals surface area contributed by atoms with Crippen molar-refractivity contribution in [3.63, 3.8) is 0 Å². The maximum Gasteiger partial charge on any atom is 0.310 e. The van der Waals surface area contributed by atoms with Crippen LogP contribution < -0.4 is 0 Å². The molecule has 8 heteroatoms. The van der Waals surface area contributed by atoms with Crippen LogP contribution in [0.3, 0.4) is 0 Å². The maximum absolute atomic E-state index is 11.5. The first-order valence-electron chi connectivity index (χ1n) is 6.48. The molecular formula is C12H18N4O3S. The van der Waals surface area contributed by atoms with Crippen molar-refractivity contribution in [1.82, 2.24) is 19.8 Å². The molecule has 0 fully saturated rings. The number of methoxy groups -OCH3 is 1. The largest absolute Gasteiger partial charge is 0.481 e. The van der Waals surface area contributed by atoms with Crippen molar-refractivity contribution in [2.75, 3.05) is 7.11 Å². The van der Waals surface area contributed by atoms with E-state index in [2.05, 4.69) is 15.3 Å². The van der Waals surface area contributed by atoms with E-state index in [0.29, 0.717) is 36.7 Å². The number of carboxylic acid groups (broad SMARTS) is 1. The van der Waals surface area contributed by atoms with Gasteiger partial charge in [0.25, 0.3) is 0 Å². The topological polar surface area (TPSA) is 89.6 Å². The highest BCUT2D eigenvalue weighted by molar-refractivity contribution is 7.16. The van der Waals surface area contributed by atoms with Crippen LogP contribution in [0.15, 0.2) is 0 Å². The van der Waals surface area contributed by atoms with E-state index in [9.17, 15) is 9.90 Å². The minimum Gasteiger partial charge on any atom is -0.481 e. The number of fused-ring (bicyclic) bond motifs is 1. The highest BCUT2D eigenvalue weighted by Crippen LogP contribution is 2.32. The van der Waals surface area contributed by atoms with Crippen LogP contribution in [0.2, 0.25) is 0 Å². The highest BCUT2D eigenvalue weighted by atomic mass is 32.1. The second kappa shape index (κ2) is 5.84. The number of aliphatic carboxylic acids is 1. The van der Waals surface area contributed by atoms with Gasteiger partial charge in [0.1, 0.15) is 11.6 Å². The van der Waals surface area contributed by atoms with Crippen molar-refractivity contribution < 1.29 is 14.6 Å². The summed E-state index contributed by atoms with van der Waals surface area (Å²) in [4.78, 5) is 12.2. The van der Waals surface area contributed by atoms with Crippen LogP contribution in [0.5, 0.6) is 0 Å². The molecule has 0 spiro atoms. The molecule has 0 aliphatic carbocycles. The summed E-state index contributed by atoms with van der Waals surface area (Å²) in [6, 6.07) is 0. The second-order valence-electron chi connectivity index (χ2n) is 4.71. The Morgan fingerprint density at radius 3 is 2.65 bits per heavy atom. The number of ether oxygens (including phenoxy) is 1. The first-order chi connectivity index (χ1) is 9.56. The number of carboxylic acids is 1. The molecule has 0 amide bonds. The fourth-order valence-electron chi connectivity index (χ4n) is 2.16. The smallest absolute Gasteiger partial charge is 0.310 e. The summed E-state index contributed by atoms with van der Waals surface area (Å²) in [5.41, 5.74) is -0.759. The molecule has 110 valence electrons. The van der Waals surface area contributed by atoms with Crippen LogP contribution in [0.4, 0.5) is 0 Å². The molecule has 7 nitrogen and oxygen atoms in total. The van der Waals surface area contributed by atoms with Gasteiger partial charge in [-0.05, 0) is 12.8 Å². The Kier molecular flexibility index (Phi) is 4.34. The SMILES string of the molecule is CCC(CC)(Cc1nn2c(COC)nnc2s1)C(=O)O. The maximum atomic E-state index is 11.5. The highest BCUT2D eigenvalue weighted by Gasteiger charge is 2.36. The van der Waals surface area contributed by atoms with Gasteiger partial charge in [0, 0.05) is 13.5 Å². The average molecular weight is 298 g/mol. The zero-order valence-corrected chi connectivity index (χ0v) is 12.6. The summed E-state index contributed by atoms with van der Waals surface area (Å²) < 4.78 is 6.66. The van der Waals surface area contributed by atoms with Crippen molar-refractivity contribution in [2.45, 2.75) is 39.7 Å². The Balaban J connectivity index is 2.31. The molecule has 1 N–H and O–H groups in total. The van der Waals surface area contributed by atoms with E-state index in [4.69, 9.17) is 4.74 Å². The monoisotopic (exact) mass is 298 g/mol. The number of hydrogen-bond donors (Lipinski definition) is 1. The lowest BCUT2D eigenvalue weighted by atomic mass is 9.79. The number of carbonyl (C=O) groups is 1. The normalized spacial score (nSPS) is 12.2. The van der Waals surface area contributed by atoms with E-state index in [0.717, 1.165) is 5.01 Å². The Hall–Kier alpha value is -1.54. The summed E-state index contributed by atoms with van der Waals surface area (Å²) >= 11 is 1.38. The van der Waals surface area contributed by atoms with Gasteiger partial charge < -0.3 is 9.84 Å². The number of aromatic nitrogens is 4. The summed E-state index contributed by atoms with van der Waals surface area (Å²) in [7, 11) is 1.58. The molecule has 0 aliphatic heterocycles. The van der Waals surface area contributed by atoms with Crippen molar-refractivity contribution in [3.05, 3.63) is 10.8 Å². The Labute approximate surface area is 120 Å². The third-order valence-corrected chi connectivity index (χ3v) is 4.57. The molecule has 0 saturated heterocycles. The molecule has 0 saturated carbocycles. The van der Waals surface area contributed by atoms with Gasteiger partial charge in [-0.2, -0.15) is 9.61 Å². The van der Waals surface area contributed by atoms with Crippen LogP contribution in [0, 0.1) is 5.41 Å². The fraction of sp³-hybridized carbons (Fsp3) is 0.667. The molecule has 0 bridgehead atoms. The Morgan fingerprint density at radius 2 is 2.10 bits per heavy atom. The van der Waals surface area contributed by atoms with Gasteiger partial charge in [-0.25, -0.2) is 0 Å². The van der Waals surface area contributed by atoms with Gasteiger partial charge in [-0.3, -0.25) is 4.79 Å². The summed E-state index contributed by atoms with van der Waals surface area (Å²) in [5, 5.41) is 22.7. The van der Waals surface area contributed by atoms with Crippen LogP contribution >= 0.6 is 11.3 Å². The number of nitrogens with zero attached hydrogens (tertiary/aromatic N) is 4. The minimum atomic E-state index is -0.773. The molecule has 2 aromatic heterocycles. The second-order valence-corrected chi connectivity index (χ2v) is 5.75. The van der Waals surface area contributed by atoms with E-state index in [1.165, 1.54) is 11.3 Å². The first kappa shape index (κ1) is 14.9. The lowest BCUT2D eigenvalue weighted by Gasteiger charge is -2.25. The predicted molar refractivity (Wildman–Crippen MR) is 73.7 cm³/mol. The van der Waals surface area contributed by atoms with E-state index in [1.807, 2.05) is 13.8 Å². The summed E-state index contributed by atoms with van der Waals surface area (Å²) in [5.74, 6) is -0.149. The van der Waals surface area contributed by atoms with Crippen LogP contribution in [-0.4, -0.2) is 38.0 Å². The molecule has 0 aromatic carbocycles. The molecule has 0 aliphatic rings. The van der Waals surface area contributed by atoms with Gasteiger partial charge in [-0.15, -0.1) is 10.2 Å². The fourth-order valence-corrected chi connectivity index (χ4v) is 3.15. The first-order valence-corrected chi connectivity index (χ1v) is 7.30. The van der Waals surface area contributed by atoms with Crippen molar-refractivity contribution >= 4 is 22.3 Å². The van der Waals surface area contributed by atoms with E-state index in [-0.39, 0.29) is 0 Å². The minimum absolute atomic E-state index is 0.329. The van der Waals surface area contributed by atoms with E-state index in [1.54, 1.807) is 11.6 Å². The average Bonchev–Trinajstić information content (AvgIpc) is 2.97. The van der Waals surface area contributed by atoms with Crippen molar-refractivity contribution in [1.29, 1.82) is 0 Å². The zero-order chi connectivity index (χ0) is 14.8. The molecule has 2 rings (SSSR count). The van der Waals surface area contributed by atoms with Gasteiger partial charge in [0.2, 0.25) is 4.96 Å². The van der Waals surface area contributed by atoms with Crippen molar-refractivity contribution in [3.8, 4) is 0 Å². The van der Waals surface area contributed by atoms with Gasteiger partial charge in [0.05, 0.1) is 5.41 Å². The van der Waals surface area contributed by atoms with Crippen LogP contribution in [0.25, 0.3) is 4.96 Å². The molecule has 20 heavy (non-hydrogen) atoms. The van der Waals surface area contributed by atoms with Crippen LogP contribution in [-0.2, 0) is 22.6 Å². The third kappa shape index (κ3) is 2.53. The molecule has 0 unspecified atom stereocenters. The van der Waals surface area contributed by atoms with Gasteiger partial charge >= 0.3 is 5.97 Å². The van der Waals surface area contributed by atoms with E-state index >= 15 is 0 Å². The Bertz CT molecular complexity index is 603. The van der Waals surface area contributed by atoms with Gasteiger partial charge in [-0.1, -0.05) is 25.2 Å². The molecule has 0 atom stereocenters. The van der Waals surface area contributed by atoms with E-state index < -0.39 is 11.4 Å². The molecule has 2 aromatic rings. The molecular weight excluding hydrogens is 280 g/mol. The van der Waals surface area contributed by atoms with Crippen molar-refractivity contribution in [2.24, 2.45) is 5.41 Å². The lowest BCUT2D eigenvalue weighted by Crippen LogP contribution is -2.32. The van der Waals surface area contributed by atoms with Gasteiger partial charge in [0.15, 0.2) is 5.82 Å². The molecule has 2 heterocycles. The van der Waals surface area contributed by atoms with Crippen LogP contribution in [0.1, 0.15) is 37.5 Å². The Morgan fingerprint density at radius 1 is 1.40 bits per heavy atom.